The summed E-state index contributed by atoms with van der Waals surface area (Å²) in [6.45, 7) is 1.03. The average molecular weight is 224 g/mol. The van der Waals surface area contributed by atoms with Crippen LogP contribution in [0.25, 0.3) is 0 Å². The molecule has 0 bridgehead atoms. The summed E-state index contributed by atoms with van der Waals surface area (Å²) in [6.07, 6.45) is 0. The Hall–Kier alpha value is -1.64. The second kappa shape index (κ2) is 4.92. The molecule has 3 N–H and O–H groups in total. The number of hydrogen-bond acceptors (Lipinski definition) is 4. The molecule has 0 unspecified atom stereocenters. The van der Waals surface area contributed by atoms with Gasteiger partial charge in [-0.3, -0.25) is 0 Å². The quantitative estimate of drug-likeness (QED) is 0.708. The van der Waals surface area contributed by atoms with E-state index in [9.17, 15) is 4.39 Å². The molecule has 0 spiro atoms. The molecule has 0 aliphatic carbocycles. The Morgan fingerprint density at radius 2 is 2.06 bits per heavy atom. The van der Waals surface area contributed by atoms with Crippen LogP contribution in [0.4, 0.5) is 10.1 Å². The van der Waals surface area contributed by atoms with Crippen LogP contribution in [0.1, 0.15) is 12.5 Å². The summed E-state index contributed by atoms with van der Waals surface area (Å²) in [5.74, 6) is -0.634. The molecule has 0 heterocycles. The second-order valence-electron chi connectivity index (χ2n) is 3.81. The first-order valence-electron chi connectivity index (χ1n) is 4.74. The Morgan fingerprint density at radius 1 is 1.44 bits per heavy atom. The number of anilines is 1. The Balaban J connectivity index is 2.91. The predicted octanol–water partition coefficient (Wildman–Crippen LogP) is 0.853. The van der Waals surface area contributed by atoms with Gasteiger partial charge in [0.2, 0.25) is 0 Å². The predicted molar refractivity (Wildman–Crippen MR) is 57.3 cm³/mol. The van der Waals surface area contributed by atoms with Crippen molar-refractivity contribution in [3.05, 3.63) is 29.6 Å². The van der Waals surface area contributed by atoms with Crippen molar-refractivity contribution in [1.82, 2.24) is 0 Å². The van der Waals surface area contributed by atoms with Gasteiger partial charge in [0, 0.05) is 5.69 Å². The first-order valence-corrected chi connectivity index (χ1v) is 4.74. The lowest BCUT2D eigenvalue weighted by Crippen LogP contribution is -2.42. The average Bonchev–Trinajstić information content (AvgIpc) is 2.29. The monoisotopic (exact) mass is 224 g/mol. The molecule has 0 aromatic heterocycles. The lowest BCUT2D eigenvalue weighted by atomic mass is 10.0. The minimum absolute atomic E-state index is 0.0414. The van der Waals surface area contributed by atoms with Crippen molar-refractivity contribution in [2.75, 3.05) is 18.5 Å². The SMILES string of the molecule is CC(CO)(CO)Nc1ccc(C#N)c(F)c1. The molecule has 1 aromatic carbocycles. The van der Waals surface area contributed by atoms with E-state index in [4.69, 9.17) is 15.5 Å². The summed E-state index contributed by atoms with van der Waals surface area (Å²) in [6, 6.07) is 5.73. The molecule has 0 aliphatic rings. The van der Waals surface area contributed by atoms with Gasteiger partial charge in [-0.1, -0.05) is 0 Å². The molecule has 86 valence electrons. The van der Waals surface area contributed by atoms with Crippen LogP contribution >= 0.6 is 0 Å². The van der Waals surface area contributed by atoms with Crippen LogP contribution < -0.4 is 5.32 Å². The van der Waals surface area contributed by atoms with E-state index >= 15 is 0 Å². The van der Waals surface area contributed by atoms with Gasteiger partial charge in [-0.15, -0.1) is 0 Å². The largest absolute Gasteiger partial charge is 0.394 e. The summed E-state index contributed by atoms with van der Waals surface area (Å²) < 4.78 is 13.2. The van der Waals surface area contributed by atoms with Crippen molar-refractivity contribution in [1.29, 1.82) is 5.26 Å². The molecule has 0 radical (unpaired) electrons. The van der Waals surface area contributed by atoms with Crippen molar-refractivity contribution >= 4 is 5.69 Å². The molecule has 0 saturated carbocycles. The van der Waals surface area contributed by atoms with Crippen LogP contribution in [0.15, 0.2) is 18.2 Å². The van der Waals surface area contributed by atoms with Gasteiger partial charge in [0.15, 0.2) is 0 Å². The van der Waals surface area contributed by atoms with E-state index in [-0.39, 0.29) is 18.8 Å². The molecule has 1 aromatic rings. The molecule has 0 fully saturated rings. The van der Waals surface area contributed by atoms with Crippen molar-refractivity contribution in [2.45, 2.75) is 12.5 Å². The third-order valence-corrected chi connectivity index (χ3v) is 2.23. The van der Waals surface area contributed by atoms with Gasteiger partial charge >= 0.3 is 0 Å². The molecule has 1 rings (SSSR count). The number of nitrogens with zero attached hydrogens (tertiary/aromatic N) is 1. The van der Waals surface area contributed by atoms with Crippen LogP contribution in [-0.4, -0.2) is 29.0 Å². The maximum atomic E-state index is 13.2. The maximum absolute atomic E-state index is 13.2. The molecule has 4 nitrogen and oxygen atoms in total. The summed E-state index contributed by atoms with van der Waals surface area (Å²) in [7, 11) is 0. The lowest BCUT2D eigenvalue weighted by Gasteiger charge is -2.27. The van der Waals surface area contributed by atoms with E-state index in [0.717, 1.165) is 6.07 Å². The van der Waals surface area contributed by atoms with Gasteiger partial charge in [0.05, 0.1) is 24.3 Å². The number of nitrogens with one attached hydrogen (secondary N) is 1. The fourth-order valence-electron chi connectivity index (χ4n) is 1.16. The van der Waals surface area contributed by atoms with Crippen molar-refractivity contribution in [2.24, 2.45) is 0 Å². The first kappa shape index (κ1) is 12.4. The Kier molecular flexibility index (Phi) is 3.82. The van der Waals surface area contributed by atoms with Gasteiger partial charge in [-0.05, 0) is 25.1 Å². The Labute approximate surface area is 93.0 Å². The second-order valence-corrected chi connectivity index (χ2v) is 3.81. The van der Waals surface area contributed by atoms with Crippen LogP contribution in [0.5, 0.6) is 0 Å². The number of nitriles is 1. The number of benzene rings is 1. The molecule has 0 aliphatic heterocycles. The molecular formula is C11H13FN2O2. The summed E-state index contributed by atoms with van der Waals surface area (Å²) in [5, 5.41) is 29.4. The minimum atomic E-state index is -0.916. The molecule has 0 saturated heterocycles. The Morgan fingerprint density at radius 3 is 2.50 bits per heavy atom. The molecule has 5 heteroatoms. The van der Waals surface area contributed by atoms with Gasteiger partial charge in [0.25, 0.3) is 0 Å². The van der Waals surface area contributed by atoms with E-state index < -0.39 is 11.4 Å². The number of rotatable bonds is 4. The smallest absolute Gasteiger partial charge is 0.143 e. The molecule has 16 heavy (non-hydrogen) atoms. The first-order chi connectivity index (χ1) is 7.54. The van der Waals surface area contributed by atoms with E-state index in [0.29, 0.717) is 5.69 Å². The summed E-state index contributed by atoms with van der Waals surface area (Å²) >= 11 is 0. The van der Waals surface area contributed by atoms with Gasteiger partial charge in [-0.2, -0.15) is 5.26 Å². The third-order valence-electron chi connectivity index (χ3n) is 2.23. The third kappa shape index (κ3) is 2.69. The number of hydrogen-bond donors (Lipinski definition) is 3. The fraction of sp³-hybridized carbons (Fsp3) is 0.364. The number of aliphatic hydroxyl groups is 2. The standard InChI is InChI=1S/C11H13FN2O2/c1-11(6-15,7-16)14-9-3-2-8(5-13)10(12)4-9/h2-4,14-16H,6-7H2,1H3. The highest BCUT2D eigenvalue weighted by Gasteiger charge is 2.22. The van der Waals surface area contributed by atoms with E-state index in [2.05, 4.69) is 5.32 Å². The minimum Gasteiger partial charge on any atom is -0.394 e. The zero-order chi connectivity index (χ0) is 12.2. The van der Waals surface area contributed by atoms with Gasteiger partial charge in [0.1, 0.15) is 11.9 Å². The fourth-order valence-corrected chi connectivity index (χ4v) is 1.16. The van der Waals surface area contributed by atoms with Crippen LogP contribution in [-0.2, 0) is 0 Å². The highest BCUT2D eigenvalue weighted by atomic mass is 19.1. The molecular weight excluding hydrogens is 211 g/mol. The zero-order valence-corrected chi connectivity index (χ0v) is 8.87. The Bertz CT molecular complexity index is 411. The highest BCUT2D eigenvalue weighted by molar-refractivity contribution is 5.49. The van der Waals surface area contributed by atoms with E-state index in [1.54, 1.807) is 13.0 Å². The zero-order valence-electron chi connectivity index (χ0n) is 8.87. The van der Waals surface area contributed by atoms with Crippen LogP contribution in [0.3, 0.4) is 0 Å². The summed E-state index contributed by atoms with van der Waals surface area (Å²) in [4.78, 5) is 0. The van der Waals surface area contributed by atoms with Crippen molar-refractivity contribution < 1.29 is 14.6 Å². The molecule has 0 atom stereocenters. The maximum Gasteiger partial charge on any atom is 0.143 e. The van der Waals surface area contributed by atoms with Crippen LogP contribution in [0, 0.1) is 17.1 Å². The molecule has 0 amide bonds. The van der Waals surface area contributed by atoms with Gasteiger partial charge < -0.3 is 15.5 Å². The van der Waals surface area contributed by atoms with E-state index in [1.807, 2.05) is 0 Å². The van der Waals surface area contributed by atoms with Gasteiger partial charge in [-0.25, -0.2) is 4.39 Å². The van der Waals surface area contributed by atoms with Crippen molar-refractivity contribution in [3.8, 4) is 6.07 Å². The summed E-state index contributed by atoms with van der Waals surface area (Å²) in [5.41, 5.74) is -0.553. The lowest BCUT2D eigenvalue weighted by molar-refractivity contribution is 0.147. The van der Waals surface area contributed by atoms with Crippen molar-refractivity contribution in [3.63, 3.8) is 0 Å². The number of halogens is 1. The normalized spacial score (nSPS) is 10.9. The van der Waals surface area contributed by atoms with Crippen LogP contribution in [0.2, 0.25) is 0 Å². The van der Waals surface area contributed by atoms with E-state index in [1.165, 1.54) is 12.1 Å². The number of aliphatic hydroxyl groups excluding tert-OH is 2. The highest BCUT2D eigenvalue weighted by Crippen LogP contribution is 2.18. The topological polar surface area (TPSA) is 76.3 Å².